The molecule has 0 fully saturated rings. The van der Waals surface area contributed by atoms with Gasteiger partial charge in [0.1, 0.15) is 11.6 Å². The molecule has 0 aliphatic carbocycles. The van der Waals surface area contributed by atoms with Gasteiger partial charge >= 0.3 is 5.97 Å². The van der Waals surface area contributed by atoms with Crippen molar-refractivity contribution in [1.82, 2.24) is 10.6 Å². The lowest BCUT2D eigenvalue weighted by molar-refractivity contribution is -0.147. The van der Waals surface area contributed by atoms with Gasteiger partial charge in [0, 0.05) is 0 Å². The topological polar surface area (TPSA) is 95.5 Å². The van der Waals surface area contributed by atoms with Crippen LogP contribution in [0.15, 0.2) is 15.9 Å². The Morgan fingerprint density at radius 1 is 1.41 bits per heavy atom. The second-order valence-corrected chi connectivity index (χ2v) is 7.64. The van der Waals surface area contributed by atoms with E-state index >= 15 is 0 Å². The minimum atomic E-state index is -1.34. The summed E-state index contributed by atoms with van der Waals surface area (Å²) < 4.78 is 0.816. The SMILES string of the molecule is CCCC(C)(NC(=O)C(C)NC(=O)c1ccc(Br)s1)C(=O)O. The van der Waals surface area contributed by atoms with Gasteiger partial charge in [0.15, 0.2) is 0 Å². The van der Waals surface area contributed by atoms with Crippen LogP contribution in [-0.2, 0) is 9.59 Å². The quantitative estimate of drug-likeness (QED) is 0.665. The van der Waals surface area contributed by atoms with Crippen LogP contribution in [0.4, 0.5) is 0 Å². The van der Waals surface area contributed by atoms with Crippen molar-refractivity contribution < 1.29 is 19.5 Å². The van der Waals surface area contributed by atoms with E-state index in [-0.39, 0.29) is 5.91 Å². The monoisotopic (exact) mass is 390 g/mol. The minimum absolute atomic E-state index is 0.312. The molecule has 0 aromatic carbocycles. The second-order valence-electron chi connectivity index (χ2n) is 5.18. The number of aliphatic carboxylic acids is 1. The first-order valence-corrected chi connectivity index (χ1v) is 8.42. The molecular weight excluding hydrogens is 372 g/mol. The van der Waals surface area contributed by atoms with Gasteiger partial charge in [-0.15, -0.1) is 11.3 Å². The Labute approximate surface area is 141 Å². The molecule has 1 rings (SSSR count). The van der Waals surface area contributed by atoms with Crippen LogP contribution in [0, 0.1) is 0 Å². The van der Waals surface area contributed by atoms with E-state index in [0.717, 1.165) is 3.79 Å². The molecule has 0 radical (unpaired) electrons. The fourth-order valence-electron chi connectivity index (χ4n) is 1.87. The van der Waals surface area contributed by atoms with Crippen LogP contribution < -0.4 is 10.6 Å². The Balaban J connectivity index is 2.68. The third-order valence-corrected chi connectivity index (χ3v) is 4.78. The molecule has 2 unspecified atom stereocenters. The maximum atomic E-state index is 12.1. The highest BCUT2D eigenvalue weighted by molar-refractivity contribution is 9.11. The summed E-state index contributed by atoms with van der Waals surface area (Å²) in [4.78, 5) is 35.9. The number of hydrogen-bond donors (Lipinski definition) is 3. The van der Waals surface area contributed by atoms with Crippen LogP contribution in [-0.4, -0.2) is 34.5 Å². The zero-order valence-electron chi connectivity index (χ0n) is 12.6. The maximum absolute atomic E-state index is 12.1. The molecule has 1 aromatic heterocycles. The summed E-state index contributed by atoms with van der Waals surface area (Å²) in [5.41, 5.74) is -1.34. The van der Waals surface area contributed by atoms with Gasteiger partial charge < -0.3 is 15.7 Å². The predicted octanol–water partition coefficient (Wildman–Crippen LogP) is 2.39. The Bertz CT molecular complexity index is 575. The standard InChI is InChI=1S/C14H19BrN2O4S/c1-4-7-14(3,13(20)21)17-11(18)8(2)16-12(19)9-5-6-10(15)22-9/h5-6,8H,4,7H2,1-3H3,(H,16,19)(H,17,18)(H,20,21). The van der Waals surface area contributed by atoms with E-state index in [2.05, 4.69) is 26.6 Å². The molecule has 0 aliphatic rings. The molecule has 0 aliphatic heterocycles. The molecule has 3 N–H and O–H groups in total. The first kappa shape index (κ1) is 18.6. The second kappa shape index (κ2) is 7.73. The number of thiophene rings is 1. The van der Waals surface area contributed by atoms with Crippen LogP contribution in [0.3, 0.4) is 0 Å². The average molecular weight is 391 g/mol. The van der Waals surface area contributed by atoms with Gasteiger partial charge in [-0.2, -0.15) is 0 Å². The average Bonchev–Trinajstić information content (AvgIpc) is 2.85. The lowest BCUT2D eigenvalue weighted by Crippen LogP contribution is -2.57. The van der Waals surface area contributed by atoms with E-state index in [9.17, 15) is 19.5 Å². The minimum Gasteiger partial charge on any atom is -0.480 e. The first-order chi connectivity index (χ1) is 10.2. The van der Waals surface area contributed by atoms with E-state index < -0.39 is 23.5 Å². The van der Waals surface area contributed by atoms with E-state index in [1.54, 1.807) is 12.1 Å². The van der Waals surface area contributed by atoms with Crippen molar-refractivity contribution >= 4 is 45.1 Å². The summed E-state index contributed by atoms with van der Waals surface area (Å²) >= 11 is 4.52. The Kier molecular flexibility index (Phi) is 6.55. The zero-order valence-corrected chi connectivity index (χ0v) is 15.0. The van der Waals surface area contributed by atoms with Gasteiger partial charge in [0.25, 0.3) is 5.91 Å². The fraction of sp³-hybridized carbons (Fsp3) is 0.500. The van der Waals surface area contributed by atoms with Gasteiger partial charge in [-0.25, -0.2) is 4.79 Å². The number of carboxylic acid groups (broad SMARTS) is 1. The summed E-state index contributed by atoms with van der Waals surface area (Å²) in [6.07, 6.45) is 0.930. The number of nitrogens with one attached hydrogen (secondary N) is 2. The van der Waals surface area contributed by atoms with E-state index in [4.69, 9.17) is 0 Å². The summed E-state index contributed by atoms with van der Waals surface area (Å²) in [5, 5.41) is 14.3. The third kappa shape index (κ3) is 4.81. The van der Waals surface area contributed by atoms with Crippen molar-refractivity contribution in [3.8, 4) is 0 Å². The van der Waals surface area contributed by atoms with Gasteiger partial charge in [-0.1, -0.05) is 13.3 Å². The van der Waals surface area contributed by atoms with Crippen molar-refractivity contribution in [2.24, 2.45) is 0 Å². The number of amides is 2. The number of hydrogen-bond acceptors (Lipinski definition) is 4. The molecule has 0 saturated heterocycles. The summed E-state index contributed by atoms with van der Waals surface area (Å²) in [7, 11) is 0. The Morgan fingerprint density at radius 3 is 2.50 bits per heavy atom. The number of rotatable bonds is 7. The van der Waals surface area contributed by atoms with Crippen LogP contribution in [0.2, 0.25) is 0 Å². The molecule has 2 atom stereocenters. The van der Waals surface area contributed by atoms with Crippen LogP contribution in [0.5, 0.6) is 0 Å². The highest BCUT2D eigenvalue weighted by atomic mass is 79.9. The highest BCUT2D eigenvalue weighted by Gasteiger charge is 2.35. The maximum Gasteiger partial charge on any atom is 0.329 e. The predicted molar refractivity (Wildman–Crippen MR) is 88.0 cm³/mol. The van der Waals surface area contributed by atoms with Crippen LogP contribution >= 0.6 is 27.3 Å². The summed E-state index contributed by atoms with van der Waals surface area (Å²) in [6, 6.07) is 2.56. The van der Waals surface area contributed by atoms with E-state index in [0.29, 0.717) is 17.7 Å². The van der Waals surface area contributed by atoms with Crippen LogP contribution in [0.1, 0.15) is 43.3 Å². The summed E-state index contributed by atoms with van der Waals surface area (Å²) in [6.45, 7) is 4.82. The smallest absolute Gasteiger partial charge is 0.329 e. The van der Waals surface area contributed by atoms with Crippen molar-refractivity contribution in [1.29, 1.82) is 0 Å². The lowest BCUT2D eigenvalue weighted by Gasteiger charge is -2.27. The number of carbonyl (C=O) groups excluding carboxylic acids is 2. The number of carboxylic acids is 1. The largest absolute Gasteiger partial charge is 0.480 e. The van der Waals surface area contributed by atoms with Gasteiger partial charge in [0.2, 0.25) is 5.91 Å². The van der Waals surface area contributed by atoms with Gasteiger partial charge in [0.05, 0.1) is 8.66 Å². The third-order valence-electron chi connectivity index (χ3n) is 3.16. The molecule has 0 bridgehead atoms. The molecule has 0 spiro atoms. The first-order valence-electron chi connectivity index (χ1n) is 6.81. The molecule has 1 aromatic rings. The van der Waals surface area contributed by atoms with Crippen molar-refractivity contribution in [2.75, 3.05) is 0 Å². The lowest BCUT2D eigenvalue weighted by atomic mass is 9.96. The van der Waals surface area contributed by atoms with Gasteiger partial charge in [-0.05, 0) is 48.3 Å². The number of halogens is 1. The normalized spacial score (nSPS) is 14.7. The molecule has 8 heteroatoms. The molecule has 6 nitrogen and oxygen atoms in total. The van der Waals surface area contributed by atoms with Gasteiger partial charge in [-0.3, -0.25) is 9.59 Å². The Hall–Kier alpha value is -1.41. The molecule has 1 heterocycles. The van der Waals surface area contributed by atoms with Crippen LogP contribution in [0.25, 0.3) is 0 Å². The summed E-state index contributed by atoms with van der Waals surface area (Å²) in [5.74, 6) is -1.99. The molecule has 22 heavy (non-hydrogen) atoms. The zero-order chi connectivity index (χ0) is 16.9. The molecule has 122 valence electrons. The molecule has 2 amide bonds. The van der Waals surface area contributed by atoms with Crippen molar-refractivity contribution in [3.05, 3.63) is 20.8 Å². The Morgan fingerprint density at radius 2 is 2.05 bits per heavy atom. The molecule has 0 saturated carbocycles. The van der Waals surface area contributed by atoms with Crippen molar-refractivity contribution in [3.63, 3.8) is 0 Å². The highest BCUT2D eigenvalue weighted by Crippen LogP contribution is 2.22. The fourth-order valence-corrected chi connectivity index (χ4v) is 3.16. The van der Waals surface area contributed by atoms with E-state index in [1.807, 2.05) is 6.92 Å². The molecular formula is C14H19BrN2O4S. The van der Waals surface area contributed by atoms with Crippen molar-refractivity contribution in [2.45, 2.75) is 45.2 Å². The van der Waals surface area contributed by atoms with E-state index in [1.165, 1.54) is 25.2 Å². The number of carbonyl (C=O) groups is 3.